The van der Waals surface area contributed by atoms with Crippen LogP contribution >= 0.6 is 11.3 Å². The molecule has 0 spiro atoms. The van der Waals surface area contributed by atoms with E-state index in [9.17, 15) is 19.2 Å². The number of thiophene rings is 1. The Morgan fingerprint density at radius 1 is 1.06 bits per heavy atom. The van der Waals surface area contributed by atoms with Crippen molar-refractivity contribution >= 4 is 40.2 Å². The molecule has 1 atom stereocenters. The van der Waals surface area contributed by atoms with Gasteiger partial charge in [0.05, 0.1) is 5.00 Å². The fourth-order valence-corrected chi connectivity index (χ4v) is 7.29. The van der Waals surface area contributed by atoms with Crippen molar-refractivity contribution in [3.63, 3.8) is 0 Å². The number of carbonyl (C=O) groups is 4. The Bertz CT molecular complexity index is 963. The first kappa shape index (κ1) is 22.4. The van der Waals surface area contributed by atoms with Gasteiger partial charge in [-0.25, -0.2) is 9.59 Å². The zero-order valence-corrected chi connectivity index (χ0v) is 19.9. The number of urea groups is 1. The van der Waals surface area contributed by atoms with Crippen molar-refractivity contribution in [2.75, 3.05) is 5.32 Å². The first-order valence-electron chi connectivity index (χ1n) is 11.9. The number of hydrogen-bond acceptors (Lipinski definition) is 6. The average Bonchev–Trinajstić information content (AvgIpc) is 3.49. The van der Waals surface area contributed by atoms with Crippen molar-refractivity contribution in [3.05, 3.63) is 16.5 Å². The van der Waals surface area contributed by atoms with Crippen LogP contribution in [0.4, 0.5) is 9.80 Å². The van der Waals surface area contributed by atoms with E-state index in [1.165, 1.54) is 26.2 Å². The van der Waals surface area contributed by atoms with Crippen LogP contribution in [-0.4, -0.2) is 35.5 Å². The van der Waals surface area contributed by atoms with Gasteiger partial charge in [0.1, 0.15) is 4.88 Å². The van der Waals surface area contributed by atoms with Crippen molar-refractivity contribution in [3.8, 4) is 0 Å². The standard InChI is InChI=1S/C24H31N3O5S/c1-12-5-18(25-21(29)17-3-4-17)33-19(12)22(30)32-13(2)20(28)26-23(31)27-24-9-14-6-15(10-24)8-16(7-14)11-24/h5,13-17H,3-4,6-11H2,1-2H3,(H,25,29)(H2,26,27,28,31). The summed E-state index contributed by atoms with van der Waals surface area (Å²) >= 11 is 1.13. The maximum Gasteiger partial charge on any atom is 0.349 e. The summed E-state index contributed by atoms with van der Waals surface area (Å²) in [6.45, 7) is 3.20. The first-order chi connectivity index (χ1) is 15.7. The van der Waals surface area contributed by atoms with Crippen molar-refractivity contribution in [1.82, 2.24) is 10.6 Å². The Kier molecular flexibility index (Phi) is 5.71. The van der Waals surface area contributed by atoms with E-state index >= 15 is 0 Å². The minimum Gasteiger partial charge on any atom is -0.448 e. The van der Waals surface area contributed by atoms with Crippen LogP contribution in [0.3, 0.4) is 0 Å². The van der Waals surface area contributed by atoms with E-state index in [4.69, 9.17) is 4.74 Å². The monoisotopic (exact) mass is 473 g/mol. The van der Waals surface area contributed by atoms with Crippen LogP contribution in [0.2, 0.25) is 0 Å². The minimum atomic E-state index is -1.12. The molecule has 0 aliphatic heterocycles. The highest BCUT2D eigenvalue weighted by Crippen LogP contribution is 2.55. The van der Waals surface area contributed by atoms with Crippen LogP contribution in [0.15, 0.2) is 6.07 Å². The van der Waals surface area contributed by atoms with Gasteiger partial charge in [-0.2, -0.15) is 0 Å². The molecule has 0 aromatic carbocycles. The molecule has 1 unspecified atom stereocenters. The van der Waals surface area contributed by atoms with Crippen LogP contribution in [0.5, 0.6) is 0 Å². The molecule has 4 amide bonds. The number of nitrogens with one attached hydrogen (secondary N) is 3. The summed E-state index contributed by atoms with van der Waals surface area (Å²) in [5, 5.41) is 8.86. The number of esters is 1. The lowest BCUT2D eigenvalue weighted by atomic mass is 9.53. The summed E-state index contributed by atoms with van der Waals surface area (Å²) in [4.78, 5) is 50.0. The summed E-state index contributed by atoms with van der Waals surface area (Å²) in [6.07, 6.45) is 7.44. The molecular formula is C24H31N3O5S. The molecule has 4 bridgehead atoms. The molecule has 9 heteroatoms. The second-order valence-electron chi connectivity index (χ2n) is 10.6. The number of ether oxygens (including phenoxy) is 1. The zero-order valence-electron chi connectivity index (χ0n) is 19.1. The third kappa shape index (κ3) is 4.78. The molecule has 5 saturated carbocycles. The van der Waals surface area contributed by atoms with Gasteiger partial charge in [0.25, 0.3) is 5.91 Å². The molecule has 33 heavy (non-hydrogen) atoms. The van der Waals surface area contributed by atoms with E-state index < -0.39 is 24.0 Å². The number of anilines is 1. The molecule has 0 saturated heterocycles. The summed E-state index contributed by atoms with van der Waals surface area (Å²) in [5.74, 6) is 0.779. The molecular weight excluding hydrogens is 442 g/mol. The largest absolute Gasteiger partial charge is 0.448 e. The van der Waals surface area contributed by atoms with Crippen LogP contribution in [0.1, 0.15) is 73.5 Å². The second kappa shape index (κ2) is 8.42. The second-order valence-corrected chi connectivity index (χ2v) is 11.6. The highest BCUT2D eigenvalue weighted by atomic mass is 32.1. The van der Waals surface area contributed by atoms with Crippen LogP contribution in [0, 0.1) is 30.6 Å². The molecule has 1 aromatic rings. The molecule has 5 aliphatic rings. The quantitative estimate of drug-likeness (QED) is 0.545. The highest BCUT2D eigenvalue weighted by molar-refractivity contribution is 7.18. The molecule has 1 aromatic heterocycles. The van der Waals surface area contributed by atoms with E-state index in [0.717, 1.165) is 43.4 Å². The first-order valence-corrected chi connectivity index (χ1v) is 12.8. The van der Waals surface area contributed by atoms with Crippen LogP contribution < -0.4 is 16.0 Å². The zero-order chi connectivity index (χ0) is 23.3. The third-order valence-electron chi connectivity index (χ3n) is 7.60. The van der Waals surface area contributed by atoms with Gasteiger partial charge in [0, 0.05) is 11.5 Å². The lowest BCUT2D eigenvalue weighted by Crippen LogP contribution is -2.62. The van der Waals surface area contributed by atoms with E-state index in [0.29, 0.717) is 33.2 Å². The summed E-state index contributed by atoms with van der Waals surface area (Å²) in [7, 11) is 0. The predicted molar refractivity (Wildman–Crippen MR) is 123 cm³/mol. The Balaban J connectivity index is 1.13. The fraction of sp³-hybridized carbons (Fsp3) is 0.667. The number of rotatable bonds is 6. The number of imide groups is 1. The van der Waals surface area contributed by atoms with Crippen molar-refractivity contribution in [2.45, 2.75) is 76.9 Å². The summed E-state index contributed by atoms with van der Waals surface area (Å²) in [6, 6.07) is 1.22. The normalized spacial score (nSPS) is 30.4. The Morgan fingerprint density at radius 2 is 1.67 bits per heavy atom. The maximum absolute atomic E-state index is 12.6. The van der Waals surface area contributed by atoms with Gasteiger partial charge in [-0.3, -0.25) is 14.9 Å². The number of amides is 4. The number of carbonyl (C=O) groups excluding carboxylic acids is 4. The van der Waals surface area contributed by atoms with Crippen molar-refractivity contribution in [1.29, 1.82) is 0 Å². The van der Waals surface area contributed by atoms with Gasteiger partial charge in [0.15, 0.2) is 6.10 Å². The van der Waals surface area contributed by atoms with Gasteiger partial charge >= 0.3 is 12.0 Å². The molecule has 8 nitrogen and oxygen atoms in total. The summed E-state index contributed by atoms with van der Waals surface area (Å²) in [5.41, 5.74) is 0.470. The molecule has 5 fully saturated rings. The molecule has 0 radical (unpaired) electrons. The number of hydrogen-bond donors (Lipinski definition) is 3. The Hall–Kier alpha value is -2.42. The van der Waals surface area contributed by atoms with E-state index in [-0.39, 0.29) is 17.4 Å². The van der Waals surface area contributed by atoms with Crippen LogP contribution in [0.25, 0.3) is 0 Å². The molecule has 178 valence electrons. The molecule has 5 aliphatic carbocycles. The minimum absolute atomic E-state index is 0.0334. The van der Waals surface area contributed by atoms with Gasteiger partial charge in [0.2, 0.25) is 5.91 Å². The smallest absolute Gasteiger partial charge is 0.349 e. The predicted octanol–water partition coefficient (Wildman–Crippen LogP) is 3.74. The molecule has 3 N–H and O–H groups in total. The topological polar surface area (TPSA) is 114 Å². The van der Waals surface area contributed by atoms with Crippen molar-refractivity contribution < 1.29 is 23.9 Å². The lowest BCUT2D eigenvalue weighted by molar-refractivity contribution is -0.128. The average molecular weight is 474 g/mol. The van der Waals surface area contributed by atoms with Gasteiger partial charge in [-0.05, 0) is 94.6 Å². The molecule has 1 heterocycles. The Labute approximate surface area is 197 Å². The SMILES string of the molecule is Cc1cc(NC(=O)C2CC2)sc1C(=O)OC(C)C(=O)NC(=O)NC12CC3CC(CC(C3)C1)C2. The van der Waals surface area contributed by atoms with E-state index in [2.05, 4.69) is 16.0 Å². The lowest BCUT2D eigenvalue weighted by Gasteiger charge is -2.56. The fourth-order valence-electron chi connectivity index (χ4n) is 6.33. The van der Waals surface area contributed by atoms with E-state index in [1.807, 2.05) is 0 Å². The molecule has 6 rings (SSSR count). The third-order valence-corrected chi connectivity index (χ3v) is 8.74. The van der Waals surface area contributed by atoms with Crippen molar-refractivity contribution in [2.24, 2.45) is 23.7 Å². The number of aryl methyl sites for hydroxylation is 1. The Morgan fingerprint density at radius 3 is 2.24 bits per heavy atom. The van der Waals surface area contributed by atoms with E-state index in [1.54, 1.807) is 13.0 Å². The van der Waals surface area contributed by atoms with Crippen LogP contribution in [-0.2, 0) is 14.3 Å². The van der Waals surface area contributed by atoms with Gasteiger partial charge in [-0.15, -0.1) is 11.3 Å². The highest BCUT2D eigenvalue weighted by Gasteiger charge is 2.51. The van der Waals surface area contributed by atoms with Gasteiger partial charge < -0.3 is 15.4 Å². The summed E-state index contributed by atoms with van der Waals surface area (Å²) < 4.78 is 5.32. The maximum atomic E-state index is 12.6. The van der Waals surface area contributed by atoms with Gasteiger partial charge in [-0.1, -0.05) is 0 Å².